The quantitative estimate of drug-likeness (QED) is 0.146. The van der Waals surface area contributed by atoms with Gasteiger partial charge in [0.15, 0.2) is 0 Å². The molecule has 2 aromatic heterocycles. The summed E-state index contributed by atoms with van der Waals surface area (Å²) < 4.78 is 2.39. The molecule has 0 radical (unpaired) electrons. The van der Waals surface area contributed by atoms with Gasteiger partial charge in [0, 0.05) is 68.1 Å². The van der Waals surface area contributed by atoms with E-state index in [4.69, 9.17) is 0 Å². The molecule has 11 aromatic rings. The van der Waals surface area contributed by atoms with Gasteiger partial charge in [-0.05, 0) is 108 Å². The van der Waals surface area contributed by atoms with Crippen molar-refractivity contribution in [2.75, 3.05) is 9.80 Å². The molecule has 0 aliphatic heterocycles. The van der Waals surface area contributed by atoms with Crippen molar-refractivity contribution in [2.45, 2.75) is 0 Å². The standard InChI is InChI=1S/C57H40N4/c1-4-16-45(17-5-1)59(55-26-14-11-23-51(55)43-31-35-53-52-24-12-15-27-56(52)61(57(53)39-43)47-20-8-3-9-21-47)48-32-28-41(29-33-48)50-22-10-13-25-54(50)60(46-18-6-2-7-19-46)49-34-30-44-40-58-37-36-42(44)38-49/h1-40H. The van der Waals surface area contributed by atoms with E-state index in [1.165, 1.54) is 21.8 Å². The normalized spacial score (nSPS) is 11.3. The Hall–Kier alpha value is -8.21. The molecule has 0 unspecified atom stereocenters. The molecule has 0 fully saturated rings. The highest BCUT2D eigenvalue weighted by atomic mass is 15.2. The van der Waals surface area contributed by atoms with Crippen molar-refractivity contribution in [1.29, 1.82) is 0 Å². The summed E-state index contributed by atoms with van der Waals surface area (Å²) in [7, 11) is 0. The number of aromatic nitrogens is 2. The molecule has 61 heavy (non-hydrogen) atoms. The highest BCUT2D eigenvalue weighted by Crippen LogP contribution is 2.45. The Bertz CT molecular complexity index is 3300. The Morgan fingerprint density at radius 3 is 1.57 bits per heavy atom. The van der Waals surface area contributed by atoms with E-state index in [9.17, 15) is 0 Å². The fourth-order valence-corrected chi connectivity index (χ4v) is 8.83. The maximum absolute atomic E-state index is 4.35. The molecular weight excluding hydrogens is 741 g/mol. The van der Waals surface area contributed by atoms with Crippen LogP contribution in [0.1, 0.15) is 0 Å². The molecule has 0 aliphatic carbocycles. The summed E-state index contributed by atoms with van der Waals surface area (Å²) >= 11 is 0. The molecule has 0 amide bonds. The highest BCUT2D eigenvalue weighted by molar-refractivity contribution is 6.10. The van der Waals surface area contributed by atoms with Gasteiger partial charge >= 0.3 is 0 Å². The summed E-state index contributed by atoms with van der Waals surface area (Å²) in [5.41, 5.74) is 14.6. The summed E-state index contributed by atoms with van der Waals surface area (Å²) in [5.74, 6) is 0. The Labute approximate surface area is 355 Å². The molecule has 9 aromatic carbocycles. The molecule has 288 valence electrons. The van der Waals surface area contributed by atoms with Crippen molar-refractivity contribution in [3.8, 4) is 27.9 Å². The topological polar surface area (TPSA) is 24.3 Å². The first-order valence-electron chi connectivity index (χ1n) is 20.7. The first-order chi connectivity index (χ1) is 30.3. The molecule has 0 bridgehead atoms. The van der Waals surface area contributed by atoms with Crippen molar-refractivity contribution in [3.05, 3.63) is 243 Å². The average Bonchev–Trinajstić information content (AvgIpc) is 3.67. The van der Waals surface area contributed by atoms with Gasteiger partial charge in [0.25, 0.3) is 0 Å². The Kier molecular flexibility index (Phi) is 9.14. The molecule has 0 saturated carbocycles. The smallest absolute Gasteiger partial charge is 0.0547 e. The summed E-state index contributed by atoms with van der Waals surface area (Å²) in [4.78, 5) is 9.08. The van der Waals surface area contributed by atoms with Gasteiger partial charge in [0.1, 0.15) is 0 Å². The number of fused-ring (bicyclic) bond motifs is 4. The van der Waals surface area contributed by atoms with E-state index in [1.54, 1.807) is 0 Å². The number of nitrogens with zero attached hydrogens (tertiary/aromatic N) is 4. The molecule has 0 saturated heterocycles. The first kappa shape index (κ1) is 35.9. The van der Waals surface area contributed by atoms with Crippen LogP contribution in [0.2, 0.25) is 0 Å². The monoisotopic (exact) mass is 780 g/mol. The van der Waals surface area contributed by atoms with E-state index < -0.39 is 0 Å². The lowest BCUT2D eigenvalue weighted by Gasteiger charge is -2.29. The number of anilines is 6. The van der Waals surface area contributed by atoms with Gasteiger partial charge in [-0.15, -0.1) is 0 Å². The lowest BCUT2D eigenvalue weighted by molar-refractivity contribution is 1.18. The van der Waals surface area contributed by atoms with Crippen molar-refractivity contribution in [3.63, 3.8) is 0 Å². The van der Waals surface area contributed by atoms with E-state index >= 15 is 0 Å². The third-order valence-corrected chi connectivity index (χ3v) is 11.6. The average molecular weight is 781 g/mol. The molecule has 11 rings (SSSR count). The molecule has 0 spiro atoms. The van der Waals surface area contributed by atoms with Crippen LogP contribution in [0.4, 0.5) is 34.1 Å². The highest BCUT2D eigenvalue weighted by Gasteiger charge is 2.21. The van der Waals surface area contributed by atoms with Crippen molar-refractivity contribution in [2.24, 2.45) is 0 Å². The van der Waals surface area contributed by atoms with Crippen molar-refractivity contribution >= 4 is 66.7 Å². The van der Waals surface area contributed by atoms with Crippen LogP contribution in [-0.2, 0) is 0 Å². The molecule has 0 N–H and O–H groups in total. The molecule has 4 heteroatoms. The van der Waals surface area contributed by atoms with Gasteiger partial charge in [0.2, 0.25) is 0 Å². The van der Waals surface area contributed by atoms with E-state index in [0.29, 0.717) is 0 Å². The van der Waals surface area contributed by atoms with Gasteiger partial charge in [-0.3, -0.25) is 4.98 Å². The van der Waals surface area contributed by atoms with Crippen LogP contribution in [0.25, 0.3) is 60.5 Å². The van der Waals surface area contributed by atoms with E-state index in [-0.39, 0.29) is 0 Å². The number of pyridine rings is 1. The molecular formula is C57H40N4. The first-order valence-corrected chi connectivity index (χ1v) is 20.7. The lowest BCUT2D eigenvalue weighted by Crippen LogP contribution is -2.12. The maximum Gasteiger partial charge on any atom is 0.0547 e. The number of para-hydroxylation sites is 6. The zero-order valence-electron chi connectivity index (χ0n) is 33.4. The van der Waals surface area contributed by atoms with Gasteiger partial charge in [-0.1, -0.05) is 140 Å². The van der Waals surface area contributed by atoms with Crippen LogP contribution in [0, 0.1) is 0 Å². The molecule has 2 heterocycles. The molecule has 0 aliphatic rings. The molecule has 0 atom stereocenters. The third kappa shape index (κ3) is 6.57. The Morgan fingerprint density at radius 2 is 0.869 bits per heavy atom. The van der Waals surface area contributed by atoms with E-state index in [2.05, 4.69) is 250 Å². The van der Waals surface area contributed by atoms with Gasteiger partial charge in [0.05, 0.1) is 22.4 Å². The van der Waals surface area contributed by atoms with E-state index in [0.717, 1.165) is 72.8 Å². The van der Waals surface area contributed by atoms with Crippen LogP contribution in [0.3, 0.4) is 0 Å². The number of hydrogen-bond donors (Lipinski definition) is 0. The second-order valence-electron chi connectivity index (χ2n) is 15.3. The van der Waals surface area contributed by atoms with Gasteiger partial charge in [-0.25, -0.2) is 0 Å². The predicted molar refractivity (Wildman–Crippen MR) is 256 cm³/mol. The van der Waals surface area contributed by atoms with Crippen LogP contribution >= 0.6 is 0 Å². The number of benzene rings is 9. The minimum atomic E-state index is 1.07. The van der Waals surface area contributed by atoms with Crippen molar-refractivity contribution in [1.82, 2.24) is 9.55 Å². The molecule has 4 nitrogen and oxygen atoms in total. The zero-order chi connectivity index (χ0) is 40.5. The van der Waals surface area contributed by atoms with Crippen LogP contribution < -0.4 is 9.80 Å². The zero-order valence-corrected chi connectivity index (χ0v) is 33.4. The largest absolute Gasteiger partial charge is 0.310 e. The van der Waals surface area contributed by atoms with E-state index in [1.807, 2.05) is 12.4 Å². The second-order valence-corrected chi connectivity index (χ2v) is 15.3. The van der Waals surface area contributed by atoms with Crippen LogP contribution in [-0.4, -0.2) is 9.55 Å². The SMILES string of the molecule is c1ccc(N(c2ccc(-c3ccccc3N(c3ccccc3)c3ccc4cnccc4c3)cc2)c2ccccc2-c2ccc3c4ccccc4n(-c4ccccc4)c3c2)cc1. The second kappa shape index (κ2) is 15.5. The fraction of sp³-hybridized carbons (Fsp3) is 0. The predicted octanol–water partition coefficient (Wildman–Crippen LogP) is 15.6. The summed E-state index contributed by atoms with van der Waals surface area (Å²) in [6.07, 6.45) is 3.78. The maximum atomic E-state index is 4.35. The number of rotatable bonds is 9. The van der Waals surface area contributed by atoms with Crippen LogP contribution in [0.15, 0.2) is 243 Å². The fourth-order valence-electron chi connectivity index (χ4n) is 8.83. The van der Waals surface area contributed by atoms with Crippen LogP contribution in [0.5, 0.6) is 0 Å². The summed E-state index contributed by atoms with van der Waals surface area (Å²) in [5, 5.41) is 4.74. The Balaban J connectivity index is 1.03. The lowest BCUT2D eigenvalue weighted by atomic mass is 9.99. The third-order valence-electron chi connectivity index (χ3n) is 11.6. The van der Waals surface area contributed by atoms with Gasteiger partial charge in [-0.2, -0.15) is 0 Å². The van der Waals surface area contributed by atoms with Gasteiger partial charge < -0.3 is 14.4 Å². The number of hydrogen-bond acceptors (Lipinski definition) is 3. The summed E-state index contributed by atoms with van der Waals surface area (Å²) in [6, 6.07) is 82.7. The van der Waals surface area contributed by atoms with Crippen molar-refractivity contribution < 1.29 is 0 Å². The minimum Gasteiger partial charge on any atom is -0.310 e. The minimum absolute atomic E-state index is 1.07. The Morgan fingerprint density at radius 1 is 0.344 bits per heavy atom. The summed E-state index contributed by atoms with van der Waals surface area (Å²) in [6.45, 7) is 0.